The number of halogens is 1. The summed E-state index contributed by atoms with van der Waals surface area (Å²) in [7, 11) is 0. The summed E-state index contributed by atoms with van der Waals surface area (Å²) in [5.41, 5.74) is 0.182. The fraction of sp³-hybridized carbons (Fsp3) is 0.667. The number of H-pyrrole nitrogens is 1. The second-order valence-electron chi connectivity index (χ2n) is 5.37. The monoisotopic (exact) mass is 362 g/mol. The lowest BCUT2D eigenvalue weighted by Gasteiger charge is -2.39. The van der Waals surface area contributed by atoms with Crippen LogP contribution in [0.15, 0.2) is 11.1 Å². The number of nitrogens with zero attached hydrogens (tertiary/aromatic N) is 1. The van der Waals surface area contributed by atoms with E-state index in [0.29, 0.717) is 15.4 Å². The molecule has 0 spiro atoms. The Morgan fingerprint density at radius 3 is 3.11 bits per heavy atom. The molecular weight excluding hydrogens is 343 g/mol. The van der Waals surface area contributed by atoms with Gasteiger partial charge in [-0.3, -0.25) is 4.79 Å². The maximum absolute atomic E-state index is 11.5. The minimum absolute atomic E-state index is 0.0936. The molecular formula is C12H19IN4O. The zero-order chi connectivity index (χ0) is 13.2. The molecule has 0 aliphatic carbocycles. The third-order valence-electron chi connectivity index (χ3n) is 3.60. The van der Waals surface area contributed by atoms with Crippen LogP contribution in [0.5, 0.6) is 0 Å². The van der Waals surface area contributed by atoms with Crippen LogP contribution in [0.4, 0.5) is 5.82 Å². The van der Waals surface area contributed by atoms with E-state index in [9.17, 15) is 4.79 Å². The molecule has 1 saturated heterocycles. The standard InChI is InChI=1S/C12H19IN4O/c1-12(2)4-3-5-14-8(12)6-15-10-9(13)11(18)17-7-16-10/h7-8,14H,3-6H2,1-2H3,(H2,15,16,17,18). The van der Waals surface area contributed by atoms with Gasteiger partial charge in [-0.05, 0) is 47.4 Å². The molecule has 1 aliphatic heterocycles. The highest BCUT2D eigenvalue weighted by Gasteiger charge is 2.31. The van der Waals surface area contributed by atoms with E-state index >= 15 is 0 Å². The van der Waals surface area contributed by atoms with E-state index in [1.54, 1.807) is 0 Å². The van der Waals surface area contributed by atoms with Crippen molar-refractivity contribution in [3.8, 4) is 0 Å². The molecule has 18 heavy (non-hydrogen) atoms. The van der Waals surface area contributed by atoms with Gasteiger partial charge in [-0.2, -0.15) is 0 Å². The highest BCUT2D eigenvalue weighted by molar-refractivity contribution is 14.1. The van der Waals surface area contributed by atoms with Gasteiger partial charge in [-0.1, -0.05) is 13.8 Å². The van der Waals surface area contributed by atoms with E-state index in [1.807, 2.05) is 22.6 Å². The molecule has 0 aromatic carbocycles. The summed E-state index contributed by atoms with van der Waals surface area (Å²) in [5.74, 6) is 0.669. The fourth-order valence-electron chi connectivity index (χ4n) is 2.32. The molecule has 100 valence electrons. The molecule has 1 aliphatic rings. The van der Waals surface area contributed by atoms with E-state index in [0.717, 1.165) is 13.1 Å². The van der Waals surface area contributed by atoms with Crippen LogP contribution in [-0.4, -0.2) is 29.1 Å². The number of hydrogen-bond donors (Lipinski definition) is 3. The average molecular weight is 362 g/mol. The Hall–Kier alpha value is -0.630. The minimum atomic E-state index is -0.0936. The van der Waals surface area contributed by atoms with E-state index in [2.05, 4.69) is 34.4 Å². The van der Waals surface area contributed by atoms with Gasteiger partial charge in [0.1, 0.15) is 9.39 Å². The van der Waals surface area contributed by atoms with E-state index in [-0.39, 0.29) is 11.0 Å². The molecule has 0 saturated carbocycles. The van der Waals surface area contributed by atoms with Crippen molar-refractivity contribution in [2.45, 2.75) is 32.7 Å². The van der Waals surface area contributed by atoms with Crippen LogP contribution in [0, 0.1) is 8.99 Å². The van der Waals surface area contributed by atoms with E-state index < -0.39 is 0 Å². The lowest BCUT2D eigenvalue weighted by molar-refractivity contribution is 0.188. The van der Waals surface area contributed by atoms with Gasteiger partial charge in [0.15, 0.2) is 0 Å². The SMILES string of the molecule is CC1(C)CCCNC1CNc1nc[nH]c(=O)c1I. The number of piperidine rings is 1. The molecule has 2 heterocycles. The molecule has 1 fully saturated rings. The van der Waals surface area contributed by atoms with Gasteiger partial charge in [0.2, 0.25) is 0 Å². The Bertz CT molecular complexity index is 471. The van der Waals surface area contributed by atoms with Crippen LogP contribution in [-0.2, 0) is 0 Å². The van der Waals surface area contributed by atoms with Crippen molar-refractivity contribution in [2.75, 3.05) is 18.4 Å². The van der Waals surface area contributed by atoms with Crippen LogP contribution in [0.3, 0.4) is 0 Å². The van der Waals surface area contributed by atoms with Gasteiger partial charge < -0.3 is 15.6 Å². The Morgan fingerprint density at radius 2 is 2.39 bits per heavy atom. The normalized spacial score (nSPS) is 22.7. The van der Waals surface area contributed by atoms with E-state index in [1.165, 1.54) is 19.2 Å². The molecule has 3 N–H and O–H groups in total. The number of aromatic amines is 1. The molecule has 0 radical (unpaired) electrons. The molecule has 1 unspecified atom stereocenters. The van der Waals surface area contributed by atoms with Gasteiger partial charge >= 0.3 is 0 Å². The first-order valence-electron chi connectivity index (χ1n) is 6.21. The van der Waals surface area contributed by atoms with Crippen molar-refractivity contribution < 1.29 is 0 Å². The van der Waals surface area contributed by atoms with Crippen LogP contribution >= 0.6 is 22.6 Å². The zero-order valence-corrected chi connectivity index (χ0v) is 12.9. The van der Waals surface area contributed by atoms with Crippen molar-refractivity contribution >= 4 is 28.4 Å². The van der Waals surface area contributed by atoms with Crippen molar-refractivity contribution in [2.24, 2.45) is 5.41 Å². The van der Waals surface area contributed by atoms with E-state index in [4.69, 9.17) is 0 Å². The number of nitrogens with one attached hydrogen (secondary N) is 3. The quantitative estimate of drug-likeness (QED) is 0.714. The summed E-state index contributed by atoms with van der Waals surface area (Å²) in [6.45, 7) is 6.42. The summed E-state index contributed by atoms with van der Waals surface area (Å²) in [4.78, 5) is 18.2. The fourth-order valence-corrected chi connectivity index (χ4v) is 2.81. The minimum Gasteiger partial charge on any atom is -0.367 e. The molecule has 1 atom stereocenters. The predicted octanol–water partition coefficient (Wildman–Crippen LogP) is 1.56. The molecule has 2 rings (SSSR count). The van der Waals surface area contributed by atoms with Crippen molar-refractivity contribution in [3.05, 3.63) is 20.3 Å². The number of rotatable bonds is 3. The summed E-state index contributed by atoms with van der Waals surface area (Å²) >= 11 is 2.02. The molecule has 5 nitrogen and oxygen atoms in total. The van der Waals surface area contributed by atoms with Crippen LogP contribution < -0.4 is 16.2 Å². The number of anilines is 1. The highest BCUT2D eigenvalue weighted by Crippen LogP contribution is 2.30. The predicted molar refractivity (Wildman–Crippen MR) is 80.9 cm³/mol. The Balaban J connectivity index is 2.03. The highest BCUT2D eigenvalue weighted by atomic mass is 127. The van der Waals surface area contributed by atoms with Gasteiger partial charge in [0.25, 0.3) is 5.56 Å². The van der Waals surface area contributed by atoms with Crippen molar-refractivity contribution in [1.82, 2.24) is 15.3 Å². The second kappa shape index (κ2) is 5.56. The summed E-state index contributed by atoms with van der Waals surface area (Å²) < 4.78 is 0.615. The topological polar surface area (TPSA) is 69.8 Å². The third kappa shape index (κ3) is 3.03. The van der Waals surface area contributed by atoms with Crippen LogP contribution in [0.2, 0.25) is 0 Å². The first-order valence-corrected chi connectivity index (χ1v) is 7.29. The molecule has 0 bridgehead atoms. The summed E-state index contributed by atoms with van der Waals surface area (Å²) in [6, 6.07) is 0.406. The van der Waals surface area contributed by atoms with Crippen LogP contribution in [0.1, 0.15) is 26.7 Å². The lowest BCUT2D eigenvalue weighted by atomic mass is 9.77. The van der Waals surface area contributed by atoms with Crippen molar-refractivity contribution in [1.29, 1.82) is 0 Å². The van der Waals surface area contributed by atoms with Gasteiger partial charge in [0.05, 0.1) is 6.33 Å². The first kappa shape index (κ1) is 13.8. The lowest BCUT2D eigenvalue weighted by Crippen LogP contribution is -2.50. The van der Waals surface area contributed by atoms with Crippen molar-refractivity contribution in [3.63, 3.8) is 0 Å². The molecule has 1 aromatic rings. The Morgan fingerprint density at radius 1 is 1.61 bits per heavy atom. The Labute approximate surface area is 120 Å². The average Bonchev–Trinajstić information content (AvgIpc) is 2.32. The molecule has 6 heteroatoms. The maximum Gasteiger partial charge on any atom is 0.266 e. The summed E-state index contributed by atoms with van der Waals surface area (Å²) in [6.07, 6.45) is 3.89. The molecule has 0 amide bonds. The summed E-state index contributed by atoms with van der Waals surface area (Å²) in [5, 5.41) is 6.81. The zero-order valence-electron chi connectivity index (χ0n) is 10.7. The maximum atomic E-state index is 11.5. The first-order chi connectivity index (χ1) is 8.50. The third-order valence-corrected chi connectivity index (χ3v) is 4.60. The largest absolute Gasteiger partial charge is 0.367 e. The Kier molecular flexibility index (Phi) is 4.26. The number of aromatic nitrogens is 2. The van der Waals surface area contributed by atoms with Crippen LogP contribution in [0.25, 0.3) is 0 Å². The molecule has 1 aromatic heterocycles. The van der Waals surface area contributed by atoms with Gasteiger partial charge in [0, 0.05) is 12.6 Å². The second-order valence-corrected chi connectivity index (χ2v) is 6.45. The number of hydrogen-bond acceptors (Lipinski definition) is 4. The van der Waals surface area contributed by atoms with Gasteiger partial charge in [-0.15, -0.1) is 0 Å². The van der Waals surface area contributed by atoms with Gasteiger partial charge in [-0.25, -0.2) is 4.98 Å². The smallest absolute Gasteiger partial charge is 0.266 e.